The molecule has 0 bridgehead atoms. The summed E-state index contributed by atoms with van der Waals surface area (Å²) < 4.78 is 44.0. The predicted octanol–water partition coefficient (Wildman–Crippen LogP) is 15.4. The molecule has 504 valence electrons. The second-order valence-electron chi connectivity index (χ2n) is 24.0. The van der Waals surface area contributed by atoms with E-state index in [1.165, 1.54) is 77.0 Å². The molecule has 85 heavy (non-hydrogen) atoms. The fraction of sp³-hybridized carbons (Fsp3) is 0.942. The van der Waals surface area contributed by atoms with Gasteiger partial charge in [0, 0.05) is 38.5 Å². The van der Waals surface area contributed by atoms with Crippen LogP contribution in [0.25, 0.3) is 0 Å². The summed E-state index contributed by atoms with van der Waals surface area (Å²) in [7, 11) is 0. The molecule has 0 aliphatic heterocycles. The molecule has 0 aromatic heterocycles. The minimum absolute atomic E-state index is 0.0807. The van der Waals surface area contributed by atoms with Crippen molar-refractivity contribution in [3.8, 4) is 0 Å². The highest BCUT2D eigenvalue weighted by molar-refractivity contribution is 5.70. The molecule has 0 aromatic rings. The van der Waals surface area contributed by atoms with Gasteiger partial charge >= 0.3 is 23.9 Å². The number of ether oxygens (including phenoxy) is 8. The first-order valence-electron chi connectivity index (χ1n) is 35.2. The van der Waals surface area contributed by atoms with Crippen LogP contribution in [0.3, 0.4) is 0 Å². The van der Waals surface area contributed by atoms with E-state index >= 15 is 0 Å². The Balaban J connectivity index is 3.87. The predicted molar refractivity (Wildman–Crippen MR) is 339 cm³/mol. The minimum Gasteiger partial charge on any atom is -0.463 e. The highest BCUT2D eigenvalue weighted by Gasteiger charge is 2.25. The van der Waals surface area contributed by atoms with Crippen molar-refractivity contribution in [3.63, 3.8) is 0 Å². The molecule has 0 aliphatic rings. The Kier molecular flexibility index (Phi) is 62.7. The van der Waals surface area contributed by atoms with E-state index in [0.29, 0.717) is 77.8 Å². The highest BCUT2D eigenvalue weighted by atomic mass is 16.7. The fourth-order valence-corrected chi connectivity index (χ4v) is 10.4. The SMILES string of the molecule is CCCCCCCCCCCC(=O)OC(CCCCCC)CC(O)C(O)CCCCCCCC(=O)OCCOCCOCOCCOCCOC(=O)CCCCCCCC(O)C(O)CC(CCCCCC)OC(=O)CCCCCCCCCCC. The summed E-state index contributed by atoms with van der Waals surface area (Å²) in [6.45, 7) is 11.0. The molecule has 0 saturated carbocycles. The van der Waals surface area contributed by atoms with Gasteiger partial charge in [0.2, 0.25) is 0 Å². The molecular formula is C69H132O16. The lowest BCUT2D eigenvalue weighted by atomic mass is 9.97. The van der Waals surface area contributed by atoms with Crippen LogP contribution < -0.4 is 0 Å². The summed E-state index contributed by atoms with van der Waals surface area (Å²) in [5.74, 6) is -0.907. The topological polar surface area (TPSA) is 223 Å². The monoisotopic (exact) mass is 1220 g/mol. The van der Waals surface area contributed by atoms with Gasteiger partial charge in [-0.05, 0) is 64.2 Å². The van der Waals surface area contributed by atoms with E-state index in [0.717, 1.165) is 154 Å². The van der Waals surface area contributed by atoms with Crippen LogP contribution in [0, 0.1) is 0 Å². The van der Waals surface area contributed by atoms with E-state index in [4.69, 9.17) is 37.9 Å². The Bertz CT molecular complexity index is 1350. The molecule has 0 radical (unpaired) electrons. The molecule has 0 rings (SSSR count). The number of carbonyl (C=O) groups is 4. The van der Waals surface area contributed by atoms with Crippen molar-refractivity contribution in [2.75, 3.05) is 59.6 Å². The highest BCUT2D eigenvalue weighted by Crippen LogP contribution is 2.22. The normalized spacial score (nSPS) is 13.7. The third-order valence-corrected chi connectivity index (χ3v) is 15.9. The van der Waals surface area contributed by atoms with Crippen LogP contribution in [0.1, 0.15) is 323 Å². The van der Waals surface area contributed by atoms with Gasteiger partial charge in [0.05, 0.1) is 64.1 Å². The average Bonchev–Trinajstić information content (AvgIpc) is 3.55. The van der Waals surface area contributed by atoms with Crippen molar-refractivity contribution in [1.29, 1.82) is 0 Å². The molecule has 0 fully saturated rings. The Morgan fingerprint density at radius 1 is 0.271 bits per heavy atom. The van der Waals surface area contributed by atoms with Gasteiger partial charge in [0.15, 0.2) is 0 Å². The maximum absolute atomic E-state index is 12.7. The van der Waals surface area contributed by atoms with Crippen LogP contribution in [-0.2, 0) is 57.1 Å². The van der Waals surface area contributed by atoms with Gasteiger partial charge < -0.3 is 58.3 Å². The molecule has 0 heterocycles. The van der Waals surface area contributed by atoms with Gasteiger partial charge in [-0.3, -0.25) is 19.2 Å². The van der Waals surface area contributed by atoms with Crippen LogP contribution in [0.15, 0.2) is 0 Å². The summed E-state index contributed by atoms with van der Waals surface area (Å²) in [6.07, 6.45) is 38.2. The quantitative estimate of drug-likeness (QED) is 0.0192. The number of hydrogen-bond acceptors (Lipinski definition) is 16. The van der Waals surface area contributed by atoms with E-state index < -0.39 is 24.4 Å². The number of rotatable bonds is 68. The molecule has 0 aromatic carbocycles. The van der Waals surface area contributed by atoms with Crippen molar-refractivity contribution in [3.05, 3.63) is 0 Å². The lowest BCUT2D eigenvalue weighted by Crippen LogP contribution is -2.32. The summed E-state index contributed by atoms with van der Waals surface area (Å²) in [6, 6.07) is 0. The summed E-state index contributed by atoms with van der Waals surface area (Å²) in [5, 5.41) is 43.1. The van der Waals surface area contributed by atoms with E-state index in [-0.39, 0.29) is 82.1 Å². The Labute approximate surface area is 518 Å². The minimum atomic E-state index is -0.936. The second kappa shape index (κ2) is 64.5. The molecule has 6 atom stereocenters. The molecule has 16 heteroatoms. The first-order valence-corrected chi connectivity index (χ1v) is 35.2. The lowest BCUT2D eigenvalue weighted by Gasteiger charge is -2.24. The first-order chi connectivity index (χ1) is 41.5. The zero-order valence-electron chi connectivity index (χ0n) is 55.0. The first kappa shape index (κ1) is 82.6. The van der Waals surface area contributed by atoms with E-state index in [1.807, 2.05) is 0 Å². The molecule has 4 N–H and O–H groups in total. The number of aliphatic hydroxyl groups is 4. The molecule has 0 saturated heterocycles. The molecule has 0 spiro atoms. The van der Waals surface area contributed by atoms with Crippen molar-refractivity contribution in [1.82, 2.24) is 0 Å². The number of carbonyl (C=O) groups excluding carboxylic acids is 4. The average molecular weight is 1220 g/mol. The zero-order valence-corrected chi connectivity index (χ0v) is 55.0. The summed E-state index contributed by atoms with van der Waals surface area (Å²) in [5.41, 5.74) is 0. The summed E-state index contributed by atoms with van der Waals surface area (Å²) in [4.78, 5) is 49.7. The Hall–Kier alpha value is -2.44. The lowest BCUT2D eigenvalue weighted by molar-refractivity contribution is -0.153. The van der Waals surface area contributed by atoms with Crippen molar-refractivity contribution < 1.29 is 77.5 Å². The molecular weight excluding hydrogens is 1080 g/mol. The van der Waals surface area contributed by atoms with Crippen molar-refractivity contribution >= 4 is 23.9 Å². The van der Waals surface area contributed by atoms with Gasteiger partial charge in [0.1, 0.15) is 32.2 Å². The van der Waals surface area contributed by atoms with Crippen molar-refractivity contribution in [2.24, 2.45) is 0 Å². The second-order valence-corrected chi connectivity index (χ2v) is 24.0. The van der Waals surface area contributed by atoms with Crippen LogP contribution in [-0.4, -0.2) is 141 Å². The van der Waals surface area contributed by atoms with Gasteiger partial charge in [-0.25, -0.2) is 0 Å². The maximum Gasteiger partial charge on any atom is 0.306 e. The standard InChI is InChI=1S/C69H132O16/c1-5-9-13-17-19-21-23-29-39-47-68(76)84-60(41-33-15-11-7-3)57-64(72)62(70)43-35-27-25-31-37-45-66(74)82-55-53-78-49-51-80-59-81-52-50-79-54-56-83-67(75)46-38-32-26-28-36-44-63(71)65(73)58-61(42-34-16-12-8-4)85-69(77)48-40-30-24-22-20-18-14-10-6-2/h60-65,70-73H,5-59H2,1-4H3. The van der Waals surface area contributed by atoms with Gasteiger partial charge in [-0.1, -0.05) is 220 Å². The molecule has 0 aliphatic carbocycles. The Morgan fingerprint density at radius 3 is 0.847 bits per heavy atom. The van der Waals surface area contributed by atoms with Crippen LogP contribution in [0.5, 0.6) is 0 Å². The number of esters is 4. The van der Waals surface area contributed by atoms with E-state index in [2.05, 4.69) is 27.7 Å². The molecule has 6 unspecified atom stereocenters. The molecule has 16 nitrogen and oxygen atoms in total. The Morgan fingerprint density at radius 2 is 0.518 bits per heavy atom. The third-order valence-electron chi connectivity index (χ3n) is 15.9. The van der Waals surface area contributed by atoms with E-state index in [9.17, 15) is 39.6 Å². The smallest absolute Gasteiger partial charge is 0.306 e. The number of unbranched alkanes of at least 4 members (excludes halogenated alkanes) is 30. The van der Waals surface area contributed by atoms with Crippen LogP contribution in [0.2, 0.25) is 0 Å². The molecule has 0 amide bonds. The summed E-state index contributed by atoms with van der Waals surface area (Å²) >= 11 is 0. The largest absolute Gasteiger partial charge is 0.463 e. The fourth-order valence-electron chi connectivity index (χ4n) is 10.4. The third kappa shape index (κ3) is 59.0. The van der Waals surface area contributed by atoms with E-state index in [1.54, 1.807) is 0 Å². The van der Waals surface area contributed by atoms with Gasteiger partial charge in [-0.2, -0.15) is 0 Å². The van der Waals surface area contributed by atoms with Crippen molar-refractivity contribution in [2.45, 2.75) is 360 Å². The maximum atomic E-state index is 12.7. The number of hydrogen-bond donors (Lipinski definition) is 4. The van der Waals surface area contributed by atoms with Crippen LogP contribution in [0.4, 0.5) is 0 Å². The van der Waals surface area contributed by atoms with Gasteiger partial charge in [-0.15, -0.1) is 0 Å². The van der Waals surface area contributed by atoms with Gasteiger partial charge in [0.25, 0.3) is 0 Å². The number of aliphatic hydroxyl groups excluding tert-OH is 4. The van der Waals surface area contributed by atoms with Crippen LogP contribution >= 0.6 is 0 Å². The zero-order chi connectivity index (χ0) is 62.3.